The number of carbonyl (C=O) groups excluding carboxylic acids is 2. The molecule has 0 radical (unpaired) electrons. The maximum absolute atomic E-state index is 12.6. The van der Waals surface area contributed by atoms with Crippen molar-refractivity contribution in [1.82, 2.24) is 10.9 Å². The van der Waals surface area contributed by atoms with Gasteiger partial charge in [-0.1, -0.05) is 57.9 Å². The van der Waals surface area contributed by atoms with Gasteiger partial charge in [-0.2, -0.15) is 0 Å². The van der Waals surface area contributed by atoms with E-state index < -0.39 is 11.8 Å². The predicted octanol–water partition coefficient (Wildman–Crippen LogP) is 4.87. The van der Waals surface area contributed by atoms with E-state index in [9.17, 15) is 9.59 Å². The molecule has 0 saturated heterocycles. The van der Waals surface area contributed by atoms with Gasteiger partial charge in [0.25, 0.3) is 11.8 Å². The minimum Gasteiger partial charge on any atom is -0.492 e. The summed E-state index contributed by atoms with van der Waals surface area (Å²) >= 11 is 9.34. The summed E-state index contributed by atoms with van der Waals surface area (Å²) in [5, 5.41) is 0.616. The number of halogens is 2. The number of nitrogens with one attached hydrogen (secondary N) is 2. The van der Waals surface area contributed by atoms with Crippen LogP contribution in [-0.2, 0) is 11.2 Å². The van der Waals surface area contributed by atoms with Gasteiger partial charge in [0.1, 0.15) is 11.5 Å². The largest absolute Gasteiger partial charge is 0.492 e. The first kappa shape index (κ1) is 23.6. The Morgan fingerprint density at radius 2 is 1.75 bits per heavy atom. The van der Waals surface area contributed by atoms with Gasteiger partial charge in [0.15, 0.2) is 6.61 Å². The summed E-state index contributed by atoms with van der Waals surface area (Å²) in [6.45, 7) is 1.99. The van der Waals surface area contributed by atoms with Gasteiger partial charge >= 0.3 is 0 Å². The fraction of sp³-hybridized carbons (Fsp3) is 0.167. The topological polar surface area (TPSA) is 76.7 Å². The summed E-state index contributed by atoms with van der Waals surface area (Å²) in [6.07, 6.45) is 0.705. The molecule has 0 fully saturated rings. The average Bonchev–Trinajstić information content (AvgIpc) is 2.80. The molecular formula is C24H22BrClN2O4. The lowest BCUT2D eigenvalue weighted by molar-refractivity contribution is -0.123. The number of amides is 2. The molecule has 0 saturated carbocycles. The molecule has 0 aliphatic carbocycles. The normalized spacial score (nSPS) is 10.3. The zero-order chi connectivity index (χ0) is 22.9. The van der Waals surface area contributed by atoms with Crippen LogP contribution in [-0.4, -0.2) is 25.0 Å². The first-order chi connectivity index (χ1) is 15.4. The summed E-state index contributed by atoms with van der Waals surface area (Å²) in [5.74, 6) is -0.0811. The number of benzene rings is 3. The van der Waals surface area contributed by atoms with Crippen LogP contribution in [0.25, 0.3) is 0 Å². The Morgan fingerprint density at radius 1 is 0.969 bits per heavy atom. The lowest BCUT2D eigenvalue weighted by Gasteiger charge is -2.13. The van der Waals surface area contributed by atoms with Gasteiger partial charge in [0.2, 0.25) is 0 Å². The van der Waals surface area contributed by atoms with Crippen molar-refractivity contribution in [2.24, 2.45) is 0 Å². The zero-order valence-electron chi connectivity index (χ0n) is 17.4. The maximum atomic E-state index is 12.6. The van der Waals surface area contributed by atoms with Crippen molar-refractivity contribution in [3.05, 3.63) is 92.9 Å². The average molecular weight is 518 g/mol. The van der Waals surface area contributed by atoms with Crippen LogP contribution in [0.15, 0.2) is 71.2 Å². The number of ether oxygens (including phenoxy) is 2. The third-order valence-electron chi connectivity index (χ3n) is 4.49. The molecule has 0 atom stereocenters. The van der Waals surface area contributed by atoms with Crippen LogP contribution >= 0.6 is 27.5 Å². The Labute approximate surface area is 200 Å². The molecule has 3 aromatic carbocycles. The summed E-state index contributed by atoms with van der Waals surface area (Å²) in [5.41, 5.74) is 7.01. The van der Waals surface area contributed by atoms with E-state index >= 15 is 0 Å². The molecule has 0 aliphatic rings. The molecule has 0 spiro atoms. The molecule has 3 rings (SSSR count). The Balaban J connectivity index is 1.52. The fourth-order valence-electron chi connectivity index (χ4n) is 2.81. The highest BCUT2D eigenvalue weighted by Gasteiger charge is 2.15. The van der Waals surface area contributed by atoms with E-state index in [1.807, 2.05) is 37.3 Å². The van der Waals surface area contributed by atoms with Crippen LogP contribution < -0.4 is 20.3 Å². The highest BCUT2D eigenvalue weighted by Crippen LogP contribution is 2.24. The molecule has 32 heavy (non-hydrogen) atoms. The summed E-state index contributed by atoms with van der Waals surface area (Å²) in [6, 6.07) is 20.1. The second-order valence-corrected chi connectivity index (χ2v) is 8.25. The highest BCUT2D eigenvalue weighted by molar-refractivity contribution is 9.10. The van der Waals surface area contributed by atoms with Crippen molar-refractivity contribution in [3.8, 4) is 11.5 Å². The Hall–Kier alpha value is -3.03. The van der Waals surface area contributed by atoms with Crippen LogP contribution in [0.5, 0.6) is 11.5 Å². The first-order valence-electron chi connectivity index (χ1n) is 9.87. The van der Waals surface area contributed by atoms with Crippen molar-refractivity contribution in [3.63, 3.8) is 0 Å². The van der Waals surface area contributed by atoms with Crippen LogP contribution in [0.2, 0.25) is 5.02 Å². The summed E-state index contributed by atoms with van der Waals surface area (Å²) in [7, 11) is 0. The third kappa shape index (κ3) is 7.00. The van der Waals surface area contributed by atoms with Gasteiger partial charge < -0.3 is 9.47 Å². The second kappa shape index (κ2) is 11.5. The van der Waals surface area contributed by atoms with E-state index in [1.165, 1.54) is 0 Å². The van der Waals surface area contributed by atoms with E-state index in [0.29, 0.717) is 39.6 Å². The molecule has 8 heteroatoms. The van der Waals surface area contributed by atoms with Crippen molar-refractivity contribution in [2.45, 2.75) is 13.3 Å². The van der Waals surface area contributed by atoms with Gasteiger partial charge in [-0.25, -0.2) is 0 Å². The van der Waals surface area contributed by atoms with E-state index in [0.717, 1.165) is 11.1 Å². The number of hydrogen-bond donors (Lipinski definition) is 2. The number of hydrogen-bond acceptors (Lipinski definition) is 4. The van der Waals surface area contributed by atoms with Crippen LogP contribution in [0.4, 0.5) is 0 Å². The third-order valence-corrected chi connectivity index (χ3v) is 5.41. The zero-order valence-corrected chi connectivity index (χ0v) is 19.7. The van der Waals surface area contributed by atoms with Gasteiger partial charge in [-0.05, 0) is 54.4 Å². The molecule has 0 aromatic heterocycles. The van der Waals surface area contributed by atoms with Crippen LogP contribution in [0, 0.1) is 6.92 Å². The lowest BCUT2D eigenvalue weighted by Crippen LogP contribution is -2.44. The molecular weight excluding hydrogens is 496 g/mol. The van der Waals surface area contributed by atoms with E-state index in [4.69, 9.17) is 21.1 Å². The van der Waals surface area contributed by atoms with Gasteiger partial charge in [0.05, 0.1) is 12.2 Å². The smallest absolute Gasteiger partial charge is 0.276 e. The Morgan fingerprint density at radius 3 is 2.50 bits per heavy atom. The van der Waals surface area contributed by atoms with Gasteiger partial charge in [-0.3, -0.25) is 20.4 Å². The van der Waals surface area contributed by atoms with Crippen LogP contribution in [0.3, 0.4) is 0 Å². The van der Waals surface area contributed by atoms with Crippen molar-refractivity contribution in [2.75, 3.05) is 13.2 Å². The number of aryl methyl sites for hydroxylation is 1. The van der Waals surface area contributed by atoms with Crippen LogP contribution in [0.1, 0.15) is 21.5 Å². The molecule has 0 heterocycles. The SMILES string of the molecule is Cc1cc(OCC(=O)NNC(=O)c2cc(Br)ccc2OCCc2ccccc2)ccc1Cl. The number of carbonyl (C=O) groups is 2. The molecule has 166 valence electrons. The fourth-order valence-corrected chi connectivity index (χ4v) is 3.29. The molecule has 0 aliphatic heterocycles. The molecule has 0 bridgehead atoms. The standard InChI is InChI=1S/C24H22BrClN2O4/c1-16-13-19(8-9-21(16)26)32-15-23(29)27-28-24(30)20-14-18(25)7-10-22(20)31-12-11-17-5-3-2-4-6-17/h2-10,13-14H,11-12,15H2,1H3,(H,27,29)(H,28,30). The van der Waals surface area contributed by atoms with E-state index in [1.54, 1.807) is 36.4 Å². The van der Waals surface area contributed by atoms with E-state index in [2.05, 4.69) is 26.8 Å². The molecule has 6 nitrogen and oxygen atoms in total. The monoisotopic (exact) mass is 516 g/mol. The van der Waals surface area contributed by atoms with Gasteiger partial charge in [-0.15, -0.1) is 0 Å². The molecule has 0 unspecified atom stereocenters. The number of hydrazine groups is 1. The van der Waals surface area contributed by atoms with Crippen molar-refractivity contribution >= 4 is 39.3 Å². The lowest BCUT2D eigenvalue weighted by atomic mass is 10.1. The molecule has 2 N–H and O–H groups in total. The minimum atomic E-state index is -0.507. The van der Waals surface area contributed by atoms with Crippen molar-refractivity contribution < 1.29 is 19.1 Å². The molecule has 2 amide bonds. The minimum absolute atomic E-state index is 0.264. The summed E-state index contributed by atoms with van der Waals surface area (Å²) < 4.78 is 12.0. The van der Waals surface area contributed by atoms with Crippen molar-refractivity contribution in [1.29, 1.82) is 0 Å². The quantitative estimate of drug-likeness (QED) is 0.418. The molecule has 3 aromatic rings. The Kier molecular flexibility index (Phi) is 8.53. The number of rotatable bonds is 8. The second-order valence-electron chi connectivity index (χ2n) is 6.93. The van der Waals surface area contributed by atoms with Gasteiger partial charge in [0, 0.05) is 15.9 Å². The summed E-state index contributed by atoms with van der Waals surface area (Å²) in [4.78, 5) is 24.7. The predicted molar refractivity (Wildman–Crippen MR) is 127 cm³/mol. The first-order valence-corrected chi connectivity index (χ1v) is 11.0. The maximum Gasteiger partial charge on any atom is 0.276 e. The van der Waals surface area contributed by atoms with E-state index in [-0.39, 0.29) is 6.61 Å². The Bertz CT molecular complexity index is 1090. The highest BCUT2D eigenvalue weighted by atomic mass is 79.9.